The number of hydrogen-bond donors (Lipinski definition) is 1. The van der Waals surface area contributed by atoms with Crippen LogP contribution in [0.5, 0.6) is 0 Å². The predicted octanol–water partition coefficient (Wildman–Crippen LogP) is 2.51. The molecule has 0 atom stereocenters. The number of urea groups is 1. The number of ether oxygens (including phenoxy) is 1. The summed E-state index contributed by atoms with van der Waals surface area (Å²) in [7, 11) is 0. The molecule has 2 fully saturated rings. The van der Waals surface area contributed by atoms with E-state index in [1.807, 2.05) is 29.2 Å². The van der Waals surface area contributed by atoms with Crippen LogP contribution in [0.1, 0.15) is 10.4 Å². The van der Waals surface area contributed by atoms with Crippen LogP contribution in [0.3, 0.4) is 0 Å². The molecule has 0 aromatic heterocycles. The summed E-state index contributed by atoms with van der Waals surface area (Å²) in [5.41, 5.74) is 2.40. The van der Waals surface area contributed by atoms with Gasteiger partial charge in [0.05, 0.1) is 13.2 Å². The Labute approximate surface area is 170 Å². The minimum absolute atomic E-state index is 0.0270. The van der Waals surface area contributed by atoms with Crippen molar-refractivity contribution in [3.8, 4) is 0 Å². The molecule has 2 aromatic rings. The van der Waals surface area contributed by atoms with Crippen molar-refractivity contribution in [2.75, 3.05) is 62.7 Å². The zero-order valence-electron chi connectivity index (χ0n) is 16.4. The summed E-state index contributed by atoms with van der Waals surface area (Å²) in [6.45, 7) is 5.25. The quantitative estimate of drug-likeness (QED) is 0.869. The minimum Gasteiger partial charge on any atom is -0.378 e. The molecule has 7 heteroatoms. The smallest absolute Gasteiger partial charge is 0.321 e. The van der Waals surface area contributed by atoms with E-state index in [9.17, 15) is 9.59 Å². The third kappa shape index (κ3) is 4.68. The summed E-state index contributed by atoms with van der Waals surface area (Å²) in [4.78, 5) is 31.2. The standard InChI is InChI=1S/C22H26N4O3/c27-21(25-13-15-29-16-14-25)18-5-4-6-19(17-18)23-22(28)26-11-9-24(10-12-26)20-7-2-1-3-8-20/h1-8,17H,9-16H2,(H,23,28). The lowest BCUT2D eigenvalue weighted by Gasteiger charge is -2.36. The van der Waals surface area contributed by atoms with E-state index >= 15 is 0 Å². The van der Waals surface area contributed by atoms with E-state index in [0.717, 1.165) is 13.1 Å². The maximum absolute atomic E-state index is 12.7. The van der Waals surface area contributed by atoms with Crippen LogP contribution >= 0.6 is 0 Å². The molecule has 2 aliphatic heterocycles. The zero-order valence-corrected chi connectivity index (χ0v) is 16.4. The van der Waals surface area contributed by atoms with Crippen LogP contribution in [0.25, 0.3) is 0 Å². The number of morpholine rings is 1. The normalized spacial score (nSPS) is 17.2. The Morgan fingerprint density at radius 3 is 2.24 bits per heavy atom. The number of carbonyl (C=O) groups is 2. The van der Waals surface area contributed by atoms with Gasteiger partial charge in [-0.2, -0.15) is 0 Å². The van der Waals surface area contributed by atoms with Gasteiger partial charge in [0.25, 0.3) is 5.91 Å². The monoisotopic (exact) mass is 394 g/mol. The highest BCUT2D eigenvalue weighted by molar-refractivity contribution is 5.97. The van der Waals surface area contributed by atoms with Gasteiger partial charge in [-0.05, 0) is 30.3 Å². The van der Waals surface area contributed by atoms with Crippen LogP contribution in [0.4, 0.5) is 16.2 Å². The van der Waals surface area contributed by atoms with Crippen molar-refractivity contribution in [1.29, 1.82) is 0 Å². The number of piperazine rings is 1. The van der Waals surface area contributed by atoms with E-state index in [-0.39, 0.29) is 11.9 Å². The first-order chi connectivity index (χ1) is 14.2. The minimum atomic E-state index is -0.131. The van der Waals surface area contributed by atoms with E-state index in [1.54, 1.807) is 23.1 Å². The van der Waals surface area contributed by atoms with E-state index in [4.69, 9.17) is 4.74 Å². The Morgan fingerprint density at radius 1 is 0.793 bits per heavy atom. The second kappa shape index (κ2) is 8.96. The van der Waals surface area contributed by atoms with Gasteiger partial charge in [-0.1, -0.05) is 24.3 Å². The lowest BCUT2D eigenvalue weighted by atomic mass is 10.1. The van der Waals surface area contributed by atoms with Crippen molar-refractivity contribution in [2.45, 2.75) is 0 Å². The van der Waals surface area contributed by atoms with Crippen LogP contribution in [0.15, 0.2) is 54.6 Å². The average Bonchev–Trinajstić information content (AvgIpc) is 2.80. The molecule has 0 unspecified atom stereocenters. The zero-order chi connectivity index (χ0) is 20.1. The van der Waals surface area contributed by atoms with Gasteiger partial charge in [-0.15, -0.1) is 0 Å². The molecule has 7 nitrogen and oxygen atoms in total. The lowest BCUT2D eigenvalue weighted by Crippen LogP contribution is -2.50. The Hall–Kier alpha value is -3.06. The average molecular weight is 394 g/mol. The number of carbonyl (C=O) groups excluding carboxylic acids is 2. The fraction of sp³-hybridized carbons (Fsp3) is 0.364. The van der Waals surface area contributed by atoms with E-state index in [2.05, 4.69) is 22.3 Å². The first-order valence-electron chi connectivity index (χ1n) is 10.0. The number of nitrogens with one attached hydrogen (secondary N) is 1. The summed E-state index contributed by atoms with van der Waals surface area (Å²) in [6, 6.07) is 17.3. The van der Waals surface area contributed by atoms with Gasteiger partial charge < -0.3 is 24.8 Å². The second-order valence-electron chi connectivity index (χ2n) is 7.23. The van der Waals surface area contributed by atoms with E-state index in [1.165, 1.54) is 5.69 Å². The Kier molecular flexibility index (Phi) is 5.95. The number of para-hydroxylation sites is 1. The number of amides is 3. The molecule has 2 aliphatic rings. The molecular weight excluding hydrogens is 368 g/mol. The number of hydrogen-bond acceptors (Lipinski definition) is 4. The third-order valence-electron chi connectivity index (χ3n) is 5.35. The van der Waals surface area contributed by atoms with Crippen LogP contribution in [0.2, 0.25) is 0 Å². The SMILES string of the molecule is O=C(Nc1cccc(C(=O)N2CCOCC2)c1)N1CCN(c2ccccc2)CC1. The molecule has 29 heavy (non-hydrogen) atoms. The molecule has 152 valence electrons. The number of benzene rings is 2. The summed E-state index contributed by atoms with van der Waals surface area (Å²) >= 11 is 0. The highest BCUT2D eigenvalue weighted by atomic mass is 16.5. The van der Waals surface area contributed by atoms with Crippen LogP contribution in [-0.4, -0.2) is 74.2 Å². The Morgan fingerprint density at radius 2 is 1.52 bits per heavy atom. The van der Waals surface area contributed by atoms with E-state index in [0.29, 0.717) is 50.6 Å². The number of nitrogens with zero attached hydrogens (tertiary/aromatic N) is 3. The van der Waals surface area contributed by atoms with Crippen molar-refractivity contribution >= 4 is 23.3 Å². The molecule has 2 heterocycles. The highest BCUT2D eigenvalue weighted by Crippen LogP contribution is 2.17. The molecule has 0 aliphatic carbocycles. The van der Waals surface area contributed by atoms with Gasteiger partial charge in [0.15, 0.2) is 0 Å². The molecule has 3 amide bonds. The molecule has 2 saturated heterocycles. The van der Waals surface area contributed by atoms with Crippen molar-refractivity contribution in [3.05, 3.63) is 60.2 Å². The molecule has 0 bridgehead atoms. The Balaban J connectivity index is 1.33. The third-order valence-corrected chi connectivity index (χ3v) is 5.35. The summed E-state index contributed by atoms with van der Waals surface area (Å²) < 4.78 is 5.31. The summed E-state index contributed by atoms with van der Waals surface area (Å²) in [5, 5.41) is 2.94. The van der Waals surface area contributed by atoms with Gasteiger partial charge in [0, 0.05) is 56.2 Å². The maximum atomic E-state index is 12.7. The molecular formula is C22H26N4O3. The molecule has 0 radical (unpaired) electrons. The molecule has 4 rings (SSSR count). The first kappa shape index (κ1) is 19.3. The molecule has 0 saturated carbocycles. The van der Waals surface area contributed by atoms with Crippen LogP contribution < -0.4 is 10.2 Å². The highest BCUT2D eigenvalue weighted by Gasteiger charge is 2.22. The second-order valence-corrected chi connectivity index (χ2v) is 7.23. The van der Waals surface area contributed by atoms with Crippen LogP contribution in [0, 0.1) is 0 Å². The summed E-state index contributed by atoms with van der Waals surface area (Å²) in [5.74, 6) is -0.0270. The topological polar surface area (TPSA) is 65.1 Å². The van der Waals surface area contributed by atoms with Crippen molar-refractivity contribution in [3.63, 3.8) is 0 Å². The molecule has 1 N–H and O–H groups in total. The van der Waals surface area contributed by atoms with E-state index < -0.39 is 0 Å². The fourth-order valence-electron chi connectivity index (χ4n) is 3.69. The van der Waals surface area contributed by atoms with Gasteiger partial charge in [-0.3, -0.25) is 4.79 Å². The van der Waals surface area contributed by atoms with Crippen molar-refractivity contribution in [1.82, 2.24) is 9.80 Å². The van der Waals surface area contributed by atoms with Crippen molar-refractivity contribution < 1.29 is 14.3 Å². The van der Waals surface area contributed by atoms with Crippen LogP contribution in [-0.2, 0) is 4.74 Å². The van der Waals surface area contributed by atoms with Gasteiger partial charge >= 0.3 is 6.03 Å². The summed E-state index contributed by atoms with van der Waals surface area (Å²) in [6.07, 6.45) is 0. The number of anilines is 2. The maximum Gasteiger partial charge on any atom is 0.321 e. The van der Waals surface area contributed by atoms with Gasteiger partial charge in [0.1, 0.15) is 0 Å². The molecule has 2 aromatic carbocycles. The van der Waals surface area contributed by atoms with Crippen molar-refractivity contribution in [2.24, 2.45) is 0 Å². The van der Waals surface area contributed by atoms with Gasteiger partial charge in [0.2, 0.25) is 0 Å². The van der Waals surface area contributed by atoms with Gasteiger partial charge in [-0.25, -0.2) is 4.79 Å². The first-order valence-corrected chi connectivity index (χ1v) is 10.0. The molecule has 0 spiro atoms. The Bertz CT molecular complexity index is 844. The number of rotatable bonds is 3. The predicted molar refractivity (Wildman–Crippen MR) is 112 cm³/mol. The largest absolute Gasteiger partial charge is 0.378 e. The fourth-order valence-corrected chi connectivity index (χ4v) is 3.69. The lowest BCUT2D eigenvalue weighted by molar-refractivity contribution is 0.0303.